The van der Waals surface area contributed by atoms with Crippen molar-refractivity contribution < 1.29 is 0 Å². The van der Waals surface area contributed by atoms with Gasteiger partial charge in [0.05, 0.1) is 0 Å². The average molecular weight is 271 g/mol. The highest BCUT2D eigenvalue weighted by atomic mass is 79.9. The molecule has 0 radical (unpaired) electrons. The number of rotatable bonds is 1. The van der Waals surface area contributed by atoms with Gasteiger partial charge < -0.3 is 5.73 Å². The van der Waals surface area contributed by atoms with E-state index in [0.717, 1.165) is 15.1 Å². The van der Waals surface area contributed by atoms with Gasteiger partial charge in [-0.3, -0.25) is 0 Å². The fraction of sp³-hybridized carbons (Fsp3) is 0.250. The maximum Gasteiger partial charge on any atom is 0.0464 e. The lowest BCUT2D eigenvalue weighted by molar-refractivity contribution is 0.818. The van der Waals surface area contributed by atoms with Crippen molar-refractivity contribution in [2.75, 3.05) is 0 Å². The Morgan fingerprint density at radius 3 is 2.50 bits per heavy atom. The summed E-state index contributed by atoms with van der Waals surface area (Å²) in [5.41, 5.74) is 6.65. The van der Waals surface area contributed by atoms with E-state index in [2.05, 4.69) is 15.9 Å². The molecule has 0 aliphatic rings. The summed E-state index contributed by atoms with van der Waals surface area (Å²) in [4.78, 5) is 0. The van der Waals surface area contributed by atoms with Gasteiger partial charge in [0.15, 0.2) is 0 Å². The highest BCUT2D eigenvalue weighted by Crippen LogP contribution is 2.24. The minimum absolute atomic E-state index is 0. The third-order valence-corrected chi connectivity index (χ3v) is 2.27. The van der Waals surface area contributed by atoms with Gasteiger partial charge in [0.25, 0.3) is 0 Å². The van der Waals surface area contributed by atoms with Gasteiger partial charge >= 0.3 is 0 Å². The zero-order valence-corrected chi connectivity index (χ0v) is 9.71. The molecule has 12 heavy (non-hydrogen) atoms. The molecule has 1 atom stereocenters. The van der Waals surface area contributed by atoms with Gasteiger partial charge in [-0.15, -0.1) is 12.4 Å². The highest BCUT2D eigenvalue weighted by molar-refractivity contribution is 9.10. The van der Waals surface area contributed by atoms with E-state index in [4.69, 9.17) is 17.3 Å². The van der Waals surface area contributed by atoms with Crippen LogP contribution in [0.3, 0.4) is 0 Å². The normalized spacial score (nSPS) is 12.0. The largest absolute Gasteiger partial charge is 0.324 e. The van der Waals surface area contributed by atoms with Crippen LogP contribution in [0.5, 0.6) is 0 Å². The molecule has 2 N–H and O–H groups in total. The average Bonchev–Trinajstić information content (AvgIpc) is 1.85. The summed E-state index contributed by atoms with van der Waals surface area (Å²) in [5.74, 6) is 0. The molecular weight excluding hydrogens is 261 g/mol. The van der Waals surface area contributed by atoms with Gasteiger partial charge in [0.1, 0.15) is 0 Å². The highest BCUT2D eigenvalue weighted by Gasteiger charge is 2.04. The van der Waals surface area contributed by atoms with Crippen molar-refractivity contribution in [1.29, 1.82) is 0 Å². The van der Waals surface area contributed by atoms with Crippen LogP contribution in [0.15, 0.2) is 22.7 Å². The summed E-state index contributed by atoms with van der Waals surface area (Å²) in [7, 11) is 0. The zero-order valence-electron chi connectivity index (χ0n) is 6.55. The molecule has 1 aromatic rings. The summed E-state index contributed by atoms with van der Waals surface area (Å²) in [6.45, 7) is 1.91. The number of halogens is 3. The first-order chi connectivity index (χ1) is 5.11. The maximum absolute atomic E-state index is 5.91. The molecule has 68 valence electrons. The fourth-order valence-electron chi connectivity index (χ4n) is 0.871. The molecule has 1 aromatic carbocycles. The third kappa shape index (κ3) is 2.94. The van der Waals surface area contributed by atoms with Crippen molar-refractivity contribution in [2.24, 2.45) is 5.73 Å². The van der Waals surface area contributed by atoms with Crippen molar-refractivity contribution >= 4 is 39.9 Å². The Kier molecular flexibility index (Phi) is 5.18. The Morgan fingerprint density at radius 1 is 1.50 bits per heavy atom. The first kappa shape index (κ1) is 12.2. The standard InChI is InChI=1S/C8H9BrClN.ClH/c1-5(11)7-3-2-6(9)4-8(7)10;/h2-5H,11H2,1H3;1H. The smallest absolute Gasteiger partial charge is 0.0464 e. The molecule has 0 saturated carbocycles. The number of hydrogen-bond donors (Lipinski definition) is 1. The van der Waals surface area contributed by atoms with Crippen molar-refractivity contribution in [3.63, 3.8) is 0 Å². The monoisotopic (exact) mass is 269 g/mol. The topological polar surface area (TPSA) is 26.0 Å². The summed E-state index contributed by atoms with van der Waals surface area (Å²) >= 11 is 9.23. The minimum Gasteiger partial charge on any atom is -0.324 e. The molecule has 1 unspecified atom stereocenters. The van der Waals surface area contributed by atoms with E-state index in [1.54, 1.807) is 0 Å². The number of nitrogens with two attached hydrogens (primary N) is 1. The Morgan fingerprint density at radius 2 is 2.08 bits per heavy atom. The first-order valence-corrected chi connectivity index (χ1v) is 4.49. The van der Waals surface area contributed by atoms with Crippen LogP contribution in [0.4, 0.5) is 0 Å². The molecule has 0 heterocycles. The van der Waals surface area contributed by atoms with Gasteiger partial charge in [-0.2, -0.15) is 0 Å². The molecule has 1 nitrogen and oxygen atoms in total. The Hall–Kier alpha value is 0.240. The minimum atomic E-state index is -0.00407. The Bertz CT molecular complexity index is 263. The quantitative estimate of drug-likeness (QED) is 0.830. The number of benzene rings is 1. The van der Waals surface area contributed by atoms with Crippen LogP contribution >= 0.6 is 39.9 Å². The second-order valence-corrected chi connectivity index (χ2v) is 3.78. The molecule has 0 aliphatic heterocycles. The van der Waals surface area contributed by atoms with Crippen molar-refractivity contribution in [3.05, 3.63) is 33.3 Å². The molecule has 0 spiro atoms. The van der Waals surface area contributed by atoms with E-state index >= 15 is 0 Å². The fourth-order valence-corrected chi connectivity index (χ4v) is 1.72. The molecule has 1 rings (SSSR count). The van der Waals surface area contributed by atoms with Crippen LogP contribution in [0.1, 0.15) is 18.5 Å². The summed E-state index contributed by atoms with van der Waals surface area (Å²) in [6.07, 6.45) is 0. The van der Waals surface area contributed by atoms with Gasteiger partial charge in [0.2, 0.25) is 0 Å². The predicted molar refractivity (Wildman–Crippen MR) is 59.0 cm³/mol. The molecule has 0 amide bonds. The molecule has 0 fully saturated rings. The van der Waals surface area contributed by atoms with Gasteiger partial charge in [-0.1, -0.05) is 33.6 Å². The Labute approximate surface area is 91.8 Å². The van der Waals surface area contributed by atoms with Crippen LogP contribution in [0.2, 0.25) is 5.02 Å². The van der Waals surface area contributed by atoms with Crippen LogP contribution in [-0.4, -0.2) is 0 Å². The second-order valence-electron chi connectivity index (χ2n) is 2.45. The Balaban J connectivity index is 0.00000121. The lowest BCUT2D eigenvalue weighted by atomic mass is 10.1. The first-order valence-electron chi connectivity index (χ1n) is 3.32. The number of hydrogen-bond acceptors (Lipinski definition) is 1. The van der Waals surface area contributed by atoms with Crippen LogP contribution < -0.4 is 5.73 Å². The van der Waals surface area contributed by atoms with E-state index in [1.165, 1.54) is 0 Å². The second kappa shape index (κ2) is 5.07. The van der Waals surface area contributed by atoms with Crippen LogP contribution in [0, 0.1) is 0 Å². The lowest BCUT2D eigenvalue weighted by Crippen LogP contribution is -2.05. The van der Waals surface area contributed by atoms with Gasteiger partial charge in [-0.05, 0) is 24.6 Å². The van der Waals surface area contributed by atoms with E-state index in [0.29, 0.717) is 0 Å². The van der Waals surface area contributed by atoms with Gasteiger partial charge in [0, 0.05) is 15.5 Å². The van der Waals surface area contributed by atoms with Crippen molar-refractivity contribution in [2.45, 2.75) is 13.0 Å². The summed E-state index contributed by atoms with van der Waals surface area (Å²) < 4.78 is 0.979. The van der Waals surface area contributed by atoms with Gasteiger partial charge in [-0.25, -0.2) is 0 Å². The molecular formula is C8H10BrCl2N. The SMILES string of the molecule is CC(N)c1ccc(Br)cc1Cl.Cl. The van der Waals surface area contributed by atoms with Crippen LogP contribution in [-0.2, 0) is 0 Å². The summed E-state index contributed by atoms with van der Waals surface area (Å²) in [5, 5.41) is 0.717. The molecule has 0 saturated heterocycles. The maximum atomic E-state index is 5.91. The third-order valence-electron chi connectivity index (χ3n) is 1.45. The van der Waals surface area contributed by atoms with E-state index in [1.807, 2.05) is 25.1 Å². The van der Waals surface area contributed by atoms with E-state index < -0.39 is 0 Å². The molecule has 0 aromatic heterocycles. The zero-order chi connectivity index (χ0) is 8.43. The predicted octanol–water partition coefficient (Wildman–Crippen LogP) is 3.54. The molecule has 4 heteroatoms. The van der Waals surface area contributed by atoms with Crippen LogP contribution in [0.25, 0.3) is 0 Å². The van der Waals surface area contributed by atoms with E-state index in [-0.39, 0.29) is 18.4 Å². The molecule has 0 bridgehead atoms. The summed E-state index contributed by atoms with van der Waals surface area (Å²) in [6, 6.07) is 5.71. The lowest BCUT2D eigenvalue weighted by Gasteiger charge is -2.07. The molecule has 0 aliphatic carbocycles. The van der Waals surface area contributed by atoms with Crippen molar-refractivity contribution in [1.82, 2.24) is 0 Å². The van der Waals surface area contributed by atoms with Crippen molar-refractivity contribution in [3.8, 4) is 0 Å². The van der Waals surface area contributed by atoms with E-state index in [9.17, 15) is 0 Å².